The predicted molar refractivity (Wildman–Crippen MR) is 182 cm³/mol. The molecule has 0 aliphatic heterocycles. The zero-order valence-electron chi connectivity index (χ0n) is 24.6. The molecule has 0 unspecified atom stereocenters. The van der Waals surface area contributed by atoms with Crippen LogP contribution in [0.25, 0.3) is 71.9 Å². The molecule has 0 amide bonds. The van der Waals surface area contributed by atoms with Gasteiger partial charge in [-0.3, -0.25) is 0 Å². The number of nitriles is 2. The fourth-order valence-corrected chi connectivity index (χ4v) is 7.20. The second-order valence-corrected chi connectivity index (χ2v) is 11.1. The van der Waals surface area contributed by atoms with Gasteiger partial charge in [-0.15, -0.1) is 0 Å². The minimum absolute atomic E-state index is 0.623. The second-order valence-electron chi connectivity index (χ2n) is 11.1. The molecule has 3 heterocycles. The van der Waals surface area contributed by atoms with E-state index in [1.165, 1.54) is 27.7 Å². The Kier molecular flexibility index (Phi) is 5.80. The third kappa shape index (κ3) is 3.49. The van der Waals surface area contributed by atoms with Crippen LogP contribution < -0.4 is 0 Å². The molecule has 9 rings (SSSR count). The van der Waals surface area contributed by atoms with E-state index >= 15 is 0 Å². The van der Waals surface area contributed by atoms with Gasteiger partial charge < -0.3 is 8.97 Å². The van der Waals surface area contributed by atoms with Crippen LogP contribution in [0.3, 0.4) is 0 Å². The fourth-order valence-electron chi connectivity index (χ4n) is 7.20. The number of hydrogen-bond donors (Lipinski definition) is 0. The number of benzene rings is 5. The summed E-state index contributed by atoms with van der Waals surface area (Å²) in [4.78, 5) is 0. The predicted octanol–water partition coefficient (Wildman–Crippen LogP) is 10.2. The first-order valence-electron chi connectivity index (χ1n) is 15.2. The molecule has 8 aromatic rings. The summed E-state index contributed by atoms with van der Waals surface area (Å²) < 4.78 is 4.66. The zero-order chi connectivity index (χ0) is 29.9. The summed E-state index contributed by atoms with van der Waals surface area (Å²) in [5.74, 6) is 0. The molecule has 0 radical (unpaired) electrons. The molecule has 3 aromatic heterocycles. The van der Waals surface area contributed by atoms with Gasteiger partial charge in [0.25, 0.3) is 0 Å². The Bertz CT molecular complexity index is 2430. The van der Waals surface area contributed by atoms with Crippen LogP contribution in [0.15, 0.2) is 103 Å². The summed E-state index contributed by atoms with van der Waals surface area (Å²) in [5.41, 5.74) is 11.7. The zero-order valence-corrected chi connectivity index (χ0v) is 24.6. The van der Waals surface area contributed by atoms with Gasteiger partial charge in [0.2, 0.25) is 0 Å². The van der Waals surface area contributed by atoms with E-state index in [-0.39, 0.29) is 0 Å². The Balaban J connectivity index is 0.00000142. The largest absolute Gasteiger partial charge is 0.309 e. The molecule has 0 N–H and O–H groups in total. The van der Waals surface area contributed by atoms with Gasteiger partial charge in [0, 0.05) is 43.9 Å². The first-order chi connectivity index (χ1) is 21.7. The molecular formula is C40H28N4. The van der Waals surface area contributed by atoms with Crippen molar-refractivity contribution in [1.29, 1.82) is 10.5 Å². The fraction of sp³-hybridized carbons (Fsp3) is 0.100. The average molecular weight is 565 g/mol. The molecule has 4 nitrogen and oxygen atoms in total. The lowest BCUT2D eigenvalue weighted by Crippen LogP contribution is -2.00. The van der Waals surface area contributed by atoms with Crippen LogP contribution in [0.1, 0.15) is 42.7 Å². The maximum absolute atomic E-state index is 9.70. The molecule has 1 aliphatic carbocycles. The molecule has 0 spiro atoms. The molecule has 0 bridgehead atoms. The van der Waals surface area contributed by atoms with E-state index in [1.807, 2.05) is 38.1 Å². The van der Waals surface area contributed by atoms with Crippen LogP contribution in [-0.2, 0) is 6.42 Å². The number of allylic oxidation sites excluding steroid dienone is 1. The highest BCUT2D eigenvalue weighted by Gasteiger charge is 2.24. The Hall–Kier alpha value is -5.84. The smallest absolute Gasteiger partial charge is 0.0992 e. The number of para-hydroxylation sites is 2. The number of nitrogens with zero attached hydrogens (tertiary/aromatic N) is 4. The van der Waals surface area contributed by atoms with E-state index in [4.69, 9.17) is 0 Å². The first kappa shape index (κ1) is 25.8. The number of aromatic nitrogens is 2. The third-order valence-corrected chi connectivity index (χ3v) is 8.95. The maximum atomic E-state index is 9.70. The number of fused-ring (bicyclic) bond motifs is 9. The number of hydrogen-bond acceptors (Lipinski definition) is 2. The van der Waals surface area contributed by atoms with Crippen LogP contribution in [0.4, 0.5) is 0 Å². The highest BCUT2D eigenvalue weighted by atomic mass is 15.0. The Labute approximate surface area is 255 Å². The van der Waals surface area contributed by atoms with Crippen molar-refractivity contribution in [2.75, 3.05) is 0 Å². The summed E-state index contributed by atoms with van der Waals surface area (Å²) in [6, 6.07) is 38.4. The van der Waals surface area contributed by atoms with Crippen molar-refractivity contribution in [3.63, 3.8) is 0 Å². The monoisotopic (exact) mass is 564 g/mol. The van der Waals surface area contributed by atoms with Crippen molar-refractivity contribution in [1.82, 2.24) is 8.97 Å². The minimum Gasteiger partial charge on any atom is -0.309 e. The van der Waals surface area contributed by atoms with Gasteiger partial charge in [0.1, 0.15) is 0 Å². The summed E-state index contributed by atoms with van der Waals surface area (Å²) in [6.07, 6.45) is 6.64. The lowest BCUT2D eigenvalue weighted by molar-refractivity contribution is 0.968. The van der Waals surface area contributed by atoms with E-state index in [0.717, 1.165) is 62.2 Å². The summed E-state index contributed by atoms with van der Waals surface area (Å²) in [7, 11) is 0. The SMILES string of the molecule is CC.N#Cc1ccc2c3cc(-c4cccc5c6c(n(-c7ccccc7)c45)C=CCC6)cc4c5ccc(C#N)cc5n(c2c1)c34. The third-order valence-electron chi connectivity index (χ3n) is 8.95. The maximum Gasteiger partial charge on any atom is 0.0992 e. The van der Waals surface area contributed by atoms with Crippen molar-refractivity contribution >= 4 is 55.1 Å². The van der Waals surface area contributed by atoms with Crippen molar-refractivity contribution in [3.8, 4) is 29.0 Å². The molecule has 0 saturated carbocycles. The molecule has 0 atom stereocenters. The van der Waals surface area contributed by atoms with Crippen molar-refractivity contribution in [2.24, 2.45) is 0 Å². The van der Waals surface area contributed by atoms with Gasteiger partial charge in [-0.1, -0.05) is 68.5 Å². The van der Waals surface area contributed by atoms with Crippen LogP contribution in [0, 0.1) is 22.7 Å². The highest BCUT2D eigenvalue weighted by molar-refractivity contribution is 6.25. The molecule has 208 valence electrons. The van der Waals surface area contributed by atoms with Crippen molar-refractivity contribution in [2.45, 2.75) is 26.7 Å². The van der Waals surface area contributed by atoms with E-state index in [1.54, 1.807) is 0 Å². The summed E-state index contributed by atoms with van der Waals surface area (Å²) >= 11 is 0. The summed E-state index contributed by atoms with van der Waals surface area (Å²) in [5, 5.41) is 25.2. The van der Waals surface area contributed by atoms with E-state index in [2.05, 4.69) is 106 Å². The van der Waals surface area contributed by atoms with Crippen LogP contribution in [-0.4, -0.2) is 8.97 Å². The number of rotatable bonds is 2. The Morgan fingerprint density at radius 1 is 0.636 bits per heavy atom. The normalized spacial score (nSPS) is 12.5. The molecule has 0 fully saturated rings. The van der Waals surface area contributed by atoms with Gasteiger partial charge in [0.15, 0.2) is 0 Å². The topological polar surface area (TPSA) is 56.9 Å². The Morgan fingerprint density at radius 2 is 1.30 bits per heavy atom. The van der Waals surface area contributed by atoms with Crippen molar-refractivity contribution < 1.29 is 0 Å². The highest BCUT2D eigenvalue weighted by Crippen LogP contribution is 2.45. The molecule has 0 saturated heterocycles. The van der Waals surface area contributed by atoms with Crippen molar-refractivity contribution in [3.05, 3.63) is 126 Å². The molecule has 5 aromatic carbocycles. The van der Waals surface area contributed by atoms with E-state index in [9.17, 15) is 10.5 Å². The quantitative estimate of drug-likeness (QED) is 0.210. The van der Waals surface area contributed by atoms with Gasteiger partial charge in [-0.05, 0) is 78.6 Å². The van der Waals surface area contributed by atoms with Gasteiger partial charge >= 0.3 is 0 Å². The average Bonchev–Trinajstić information content (AvgIpc) is 3.73. The molecule has 44 heavy (non-hydrogen) atoms. The molecular weight excluding hydrogens is 536 g/mol. The van der Waals surface area contributed by atoms with Gasteiger partial charge in [0.05, 0.1) is 45.3 Å². The minimum atomic E-state index is 0.623. The van der Waals surface area contributed by atoms with Gasteiger partial charge in [-0.2, -0.15) is 10.5 Å². The van der Waals surface area contributed by atoms with E-state index in [0.29, 0.717) is 11.1 Å². The lowest BCUT2D eigenvalue weighted by atomic mass is 9.95. The Morgan fingerprint density at radius 3 is 1.93 bits per heavy atom. The second kappa shape index (κ2) is 9.87. The van der Waals surface area contributed by atoms with E-state index < -0.39 is 0 Å². The van der Waals surface area contributed by atoms with Gasteiger partial charge in [-0.25, -0.2) is 0 Å². The molecule has 1 aliphatic rings. The summed E-state index contributed by atoms with van der Waals surface area (Å²) in [6.45, 7) is 4.00. The number of aryl methyl sites for hydroxylation is 1. The standard InChI is InChI=1S/C38H22N4.C2H6/c39-21-23-13-15-29-32-19-25(20-33-30-16-14-24(22-40)18-36(30)42(38(32)33)35(29)17-23)27-10-6-11-31-28-9-4-5-12-34(28)41(37(27)31)26-7-2-1-3-8-26;1-2/h1-3,5-8,10-20H,4,9H2;1-2H3. The van der Waals surface area contributed by atoms with Crippen LogP contribution in [0.5, 0.6) is 0 Å². The lowest BCUT2D eigenvalue weighted by Gasteiger charge is -2.14. The van der Waals surface area contributed by atoms with Crippen LogP contribution >= 0.6 is 0 Å². The first-order valence-corrected chi connectivity index (χ1v) is 15.2. The molecule has 4 heteroatoms. The van der Waals surface area contributed by atoms with Crippen LogP contribution in [0.2, 0.25) is 0 Å².